The van der Waals surface area contributed by atoms with Crippen LogP contribution in [0, 0.1) is 11.8 Å². The first-order valence-corrected chi connectivity index (χ1v) is 9.80. The summed E-state index contributed by atoms with van der Waals surface area (Å²) >= 11 is 0. The third kappa shape index (κ3) is 3.69. The van der Waals surface area contributed by atoms with E-state index in [1.54, 1.807) is 33.5 Å². The Kier molecular flexibility index (Phi) is 6.51. The van der Waals surface area contributed by atoms with Crippen molar-refractivity contribution < 1.29 is 33.5 Å². The molecule has 7 heteroatoms. The van der Waals surface area contributed by atoms with Gasteiger partial charge in [-0.3, -0.25) is 0 Å². The van der Waals surface area contributed by atoms with Crippen molar-refractivity contribution in [2.45, 2.75) is 26.1 Å². The van der Waals surface area contributed by atoms with Gasteiger partial charge in [-0.25, -0.2) is 0 Å². The summed E-state index contributed by atoms with van der Waals surface area (Å²) in [4.78, 5) is 0. The maximum absolute atomic E-state index is 10.2. The Labute approximate surface area is 177 Å². The first kappa shape index (κ1) is 21.9. The van der Waals surface area contributed by atoms with Crippen LogP contribution in [-0.2, 0) is 4.74 Å². The van der Waals surface area contributed by atoms with Gasteiger partial charge in [0, 0.05) is 0 Å². The molecule has 1 heterocycles. The summed E-state index contributed by atoms with van der Waals surface area (Å²) in [5.74, 6) is 2.82. The lowest BCUT2D eigenvalue weighted by molar-refractivity contribution is 0.0285. The van der Waals surface area contributed by atoms with Crippen LogP contribution >= 0.6 is 0 Å². The SMILES string of the molecule is COc1cc([C@@H]2O[C@@H](c3cc(OC)c(OC)c(OC)c3)[C@H](C)[C@H]2C)cc(OC)c1O. The van der Waals surface area contributed by atoms with Crippen LogP contribution in [0.1, 0.15) is 37.2 Å². The summed E-state index contributed by atoms with van der Waals surface area (Å²) in [6, 6.07) is 7.44. The normalized spacial score (nSPS) is 23.2. The van der Waals surface area contributed by atoms with Gasteiger partial charge >= 0.3 is 0 Å². The Morgan fingerprint density at radius 1 is 0.633 bits per heavy atom. The molecular weight excluding hydrogens is 388 g/mol. The number of benzene rings is 2. The van der Waals surface area contributed by atoms with Crippen LogP contribution in [0.4, 0.5) is 0 Å². The lowest BCUT2D eigenvalue weighted by Gasteiger charge is -2.20. The fourth-order valence-electron chi connectivity index (χ4n) is 4.07. The molecule has 0 radical (unpaired) electrons. The molecule has 3 rings (SSSR count). The molecule has 1 fully saturated rings. The minimum Gasteiger partial charge on any atom is -0.502 e. The zero-order valence-electron chi connectivity index (χ0n) is 18.5. The summed E-state index contributed by atoms with van der Waals surface area (Å²) < 4.78 is 33.6. The maximum atomic E-state index is 10.2. The molecule has 7 nitrogen and oxygen atoms in total. The monoisotopic (exact) mass is 418 g/mol. The molecular formula is C23H30O7. The lowest BCUT2D eigenvalue weighted by Crippen LogP contribution is -2.10. The average molecular weight is 418 g/mol. The van der Waals surface area contributed by atoms with E-state index >= 15 is 0 Å². The minimum absolute atomic E-state index is 0.0244. The standard InChI is InChI=1S/C23H30O7/c1-12-13(2)22(15-10-18(27-5)23(29-7)19(11-15)28-6)30-21(12)14-8-16(25-3)20(24)17(9-14)26-4/h8-13,21-22,24H,1-7H3/t12-,13-,21-,22-/m1/s1. The van der Waals surface area contributed by atoms with Crippen LogP contribution in [0.15, 0.2) is 24.3 Å². The number of phenolic OH excluding ortho intramolecular Hbond substituents is 1. The van der Waals surface area contributed by atoms with E-state index < -0.39 is 0 Å². The number of hydrogen-bond acceptors (Lipinski definition) is 7. The van der Waals surface area contributed by atoms with Crippen LogP contribution in [0.25, 0.3) is 0 Å². The second-order valence-corrected chi connectivity index (χ2v) is 7.43. The molecule has 0 amide bonds. The number of hydrogen-bond donors (Lipinski definition) is 1. The fourth-order valence-corrected chi connectivity index (χ4v) is 4.07. The molecule has 1 N–H and O–H groups in total. The molecule has 0 bridgehead atoms. The molecule has 4 atom stereocenters. The first-order valence-electron chi connectivity index (χ1n) is 9.80. The van der Waals surface area contributed by atoms with Crippen molar-refractivity contribution in [1.82, 2.24) is 0 Å². The molecule has 0 spiro atoms. The molecule has 1 aliphatic rings. The first-order chi connectivity index (χ1) is 14.4. The van der Waals surface area contributed by atoms with Gasteiger partial charge in [-0.05, 0) is 47.2 Å². The second kappa shape index (κ2) is 8.92. The third-order valence-corrected chi connectivity index (χ3v) is 5.92. The average Bonchev–Trinajstić information content (AvgIpc) is 3.07. The third-order valence-electron chi connectivity index (χ3n) is 5.92. The van der Waals surface area contributed by atoms with Crippen LogP contribution in [0.2, 0.25) is 0 Å². The number of aromatic hydroxyl groups is 1. The van der Waals surface area contributed by atoms with Crippen LogP contribution in [0.5, 0.6) is 34.5 Å². The van der Waals surface area contributed by atoms with Gasteiger partial charge in [0.2, 0.25) is 11.5 Å². The highest BCUT2D eigenvalue weighted by molar-refractivity contribution is 5.55. The number of rotatable bonds is 7. The quantitative estimate of drug-likeness (QED) is 0.708. The van der Waals surface area contributed by atoms with Gasteiger partial charge < -0.3 is 33.5 Å². The van der Waals surface area contributed by atoms with E-state index in [0.29, 0.717) is 28.7 Å². The molecule has 2 aromatic carbocycles. The van der Waals surface area contributed by atoms with Crippen molar-refractivity contribution in [2.24, 2.45) is 11.8 Å². The summed E-state index contributed by atoms with van der Waals surface area (Å²) in [5, 5.41) is 10.2. The zero-order valence-corrected chi connectivity index (χ0v) is 18.5. The second-order valence-electron chi connectivity index (χ2n) is 7.43. The van der Waals surface area contributed by atoms with Crippen molar-refractivity contribution in [3.8, 4) is 34.5 Å². The van der Waals surface area contributed by atoms with Crippen molar-refractivity contribution in [3.05, 3.63) is 35.4 Å². The highest BCUT2D eigenvalue weighted by Gasteiger charge is 2.41. The fraction of sp³-hybridized carbons (Fsp3) is 0.478. The zero-order chi connectivity index (χ0) is 22.0. The number of methoxy groups -OCH3 is 5. The topological polar surface area (TPSA) is 75.6 Å². The highest BCUT2D eigenvalue weighted by Crippen LogP contribution is 2.53. The number of ether oxygens (including phenoxy) is 6. The van der Waals surface area contributed by atoms with Gasteiger partial charge in [0.15, 0.2) is 23.0 Å². The predicted octanol–water partition coefficient (Wildman–Crippen LogP) is 4.52. The Balaban J connectivity index is 2.00. The summed E-state index contributed by atoms with van der Waals surface area (Å²) in [7, 11) is 7.80. The summed E-state index contributed by atoms with van der Waals surface area (Å²) in [6.45, 7) is 4.31. The predicted molar refractivity (Wildman–Crippen MR) is 112 cm³/mol. The smallest absolute Gasteiger partial charge is 0.203 e. The molecule has 1 aliphatic heterocycles. The molecule has 2 aromatic rings. The highest BCUT2D eigenvalue weighted by atomic mass is 16.5. The Bertz CT molecular complexity index is 845. The van der Waals surface area contributed by atoms with Gasteiger partial charge in [-0.2, -0.15) is 0 Å². The minimum atomic E-state index is -0.201. The summed E-state index contributed by atoms with van der Waals surface area (Å²) in [5.41, 5.74) is 1.83. The van der Waals surface area contributed by atoms with E-state index in [2.05, 4.69) is 13.8 Å². The van der Waals surface area contributed by atoms with Crippen molar-refractivity contribution in [1.29, 1.82) is 0 Å². The summed E-state index contributed by atoms with van der Waals surface area (Å²) in [6.07, 6.45) is -0.378. The van der Waals surface area contributed by atoms with Crippen LogP contribution < -0.4 is 23.7 Å². The lowest BCUT2D eigenvalue weighted by atomic mass is 9.85. The Morgan fingerprint density at radius 2 is 1.00 bits per heavy atom. The van der Waals surface area contributed by atoms with Gasteiger partial charge in [0.25, 0.3) is 0 Å². The van der Waals surface area contributed by atoms with E-state index in [9.17, 15) is 5.11 Å². The van der Waals surface area contributed by atoms with Crippen molar-refractivity contribution in [2.75, 3.05) is 35.5 Å². The van der Waals surface area contributed by atoms with E-state index in [1.165, 1.54) is 14.2 Å². The van der Waals surface area contributed by atoms with Gasteiger partial charge in [-0.1, -0.05) is 13.8 Å². The molecule has 164 valence electrons. The van der Waals surface area contributed by atoms with Crippen LogP contribution in [-0.4, -0.2) is 40.7 Å². The maximum Gasteiger partial charge on any atom is 0.203 e. The van der Waals surface area contributed by atoms with Crippen molar-refractivity contribution >= 4 is 0 Å². The van der Waals surface area contributed by atoms with E-state index in [1.807, 2.05) is 12.1 Å². The van der Waals surface area contributed by atoms with E-state index in [-0.39, 0.29) is 29.8 Å². The molecule has 0 aromatic heterocycles. The molecule has 1 saturated heterocycles. The van der Waals surface area contributed by atoms with Crippen LogP contribution in [0.3, 0.4) is 0 Å². The van der Waals surface area contributed by atoms with E-state index in [4.69, 9.17) is 28.4 Å². The van der Waals surface area contributed by atoms with Gasteiger partial charge in [0.1, 0.15) is 0 Å². The Hall–Kier alpha value is -2.80. The molecule has 0 saturated carbocycles. The largest absolute Gasteiger partial charge is 0.502 e. The molecule has 30 heavy (non-hydrogen) atoms. The number of phenols is 1. The Morgan fingerprint density at radius 3 is 1.33 bits per heavy atom. The van der Waals surface area contributed by atoms with Crippen molar-refractivity contribution in [3.63, 3.8) is 0 Å². The van der Waals surface area contributed by atoms with Gasteiger partial charge in [0.05, 0.1) is 47.8 Å². The molecule has 0 unspecified atom stereocenters. The molecule has 0 aliphatic carbocycles. The van der Waals surface area contributed by atoms with Gasteiger partial charge in [-0.15, -0.1) is 0 Å². The van der Waals surface area contributed by atoms with E-state index in [0.717, 1.165) is 11.1 Å².